The Morgan fingerprint density at radius 1 is 1.32 bits per heavy atom. The molecule has 0 radical (unpaired) electrons. The number of nitrogens with zero attached hydrogens (tertiary/aromatic N) is 4. The molecule has 3 rings (SSSR count). The number of likely N-dealkylation sites (tertiary alicyclic amines) is 1. The second-order valence-corrected chi connectivity index (χ2v) is 6.47. The average Bonchev–Trinajstić information content (AvgIpc) is 3.21. The van der Waals surface area contributed by atoms with Gasteiger partial charge >= 0.3 is 0 Å². The third-order valence-electron chi connectivity index (χ3n) is 4.63. The molecule has 1 aliphatic heterocycles. The van der Waals surface area contributed by atoms with Crippen LogP contribution in [-0.2, 0) is 4.79 Å². The molecule has 28 heavy (non-hydrogen) atoms. The van der Waals surface area contributed by atoms with Gasteiger partial charge in [0.05, 0.1) is 5.56 Å². The molecule has 0 unspecified atom stereocenters. The van der Waals surface area contributed by atoms with Gasteiger partial charge in [-0.3, -0.25) is 9.59 Å². The van der Waals surface area contributed by atoms with Gasteiger partial charge in [0.1, 0.15) is 0 Å². The number of likely N-dealkylation sites (N-methyl/N-ethyl adjacent to an activating group) is 1. The highest BCUT2D eigenvalue weighted by Gasteiger charge is 2.27. The number of aromatic nitrogens is 2. The first-order chi connectivity index (χ1) is 13.5. The number of amides is 2. The maximum atomic E-state index is 12.7. The molecule has 2 aromatic rings. The first-order valence-electron chi connectivity index (χ1n) is 8.86. The summed E-state index contributed by atoms with van der Waals surface area (Å²) in [5.41, 5.74) is 1.91. The number of carbonyl (C=O) groups is 2. The van der Waals surface area contributed by atoms with Gasteiger partial charge in [0.15, 0.2) is 0 Å². The van der Waals surface area contributed by atoms with Crippen molar-refractivity contribution < 1.29 is 9.59 Å². The topological polar surface area (TPSA) is 78.4 Å². The van der Waals surface area contributed by atoms with E-state index in [9.17, 15) is 9.59 Å². The maximum Gasteiger partial charge on any atom is 0.253 e. The summed E-state index contributed by atoms with van der Waals surface area (Å²) in [6.45, 7) is 4.69. The fourth-order valence-electron chi connectivity index (χ4n) is 3.00. The Kier molecular flexibility index (Phi) is 5.70. The van der Waals surface area contributed by atoms with Crippen LogP contribution in [0.25, 0.3) is 0 Å². The molecule has 0 spiro atoms. The first-order valence-corrected chi connectivity index (χ1v) is 8.86. The van der Waals surface area contributed by atoms with Gasteiger partial charge in [-0.1, -0.05) is 12.5 Å². The van der Waals surface area contributed by atoms with Crippen LogP contribution < -0.4 is 10.2 Å². The van der Waals surface area contributed by atoms with Gasteiger partial charge < -0.3 is 15.1 Å². The number of benzene rings is 1. The highest BCUT2D eigenvalue weighted by Crippen LogP contribution is 2.19. The van der Waals surface area contributed by atoms with E-state index in [1.165, 1.54) is 11.0 Å². The third-order valence-corrected chi connectivity index (χ3v) is 4.63. The van der Waals surface area contributed by atoms with Crippen LogP contribution in [0.2, 0.25) is 0 Å². The van der Waals surface area contributed by atoms with Gasteiger partial charge in [0.25, 0.3) is 5.91 Å². The lowest BCUT2D eigenvalue weighted by molar-refractivity contribution is -0.113. The molecule has 0 bridgehead atoms. The van der Waals surface area contributed by atoms with Crippen LogP contribution in [0.5, 0.6) is 0 Å². The van der Waals surface area contributed by atoms with E-state index in [0.29, 0.717) is 35.9 Å². The van der Waals surface area contributed by atoms with E-state index in [4.69, 9.17) is 6.42 Å². The van der Waals surface area contributed by atoms with Crippen molar-refractivity contribution in [1.82, 2.24) is 14.9 Å². The number of rotatable bonds is 5. The molecule has 142 valence electrons. The molecular weight excluding hydrogens is 354 g/mol. The molecular formula is C21H21N5O2. The summed E-state index contributed by atoms with van der Waals surface area (Å²) in [5.74, 6) is 2.73. The Morgan fingerprint density at radius 3 is 2.61 bits per heavy atom. The smallest absolute Gasteiger partial charge is 0.253 e. The molecule has 1 aliphatic rings. The zero-order valence-electron chi connectivity index (χ0n) is 15.6. The van der Waals surface area contributed by atoms with Crippen molar-refractivity contribution in [2.75, 3.05) is 30.4 Å². The van der Waals surface area contributed by atoms with Crippen LogP contribution in [0, 0.1) is 12.3 Å². The number of hydrogen-bond acceptors (Lipinski definition) is 5. The molecule has 1 aromatic heterocycles. The van der Waals surface area contributed by atoms with E-state index in [-0.39, 0.29) is 17.9 Å². The lowest BCUT2D eigenvalue weighted by Crippen LogP contribution is -2.32. The summed E-state index contributed by atoms with van der Waals surface area (Å²) >= 11 is 0. The summed E-state index contributed by atoms with van der Waals surface area (Å²) in [4.78, 5) is 36.0. The van der Waals surface area contributed by atoms with Crippen LogP contribution in [0.4, 0.5) is 11.6 Å². The summed E-state index contributed by atoms with van der Waals surface area (Å²) in [5, 5.41) is 3.23. The van der Waals surface area contributed by atoms with E-state index in [2.05, 4.69) is 27.8 Å². The molecule has 2 heterocycles. The highest BCUT2D eigenvalue weighted by atomic mass is 16.2. The van der Waals surface area contributed by atoms with Crippen LogP contribution in [0.3, 0.4) is 0 Å². The third kappa shape index (κ3) is 4.18. The normalized spacial score (nSPS) is 15.6. The molecule has 1 fully saturated rings. The number of anilines is 2. The molecule has 2 amide bonds. The van der Waals surface area contributed by atoms with E-state index in [0.717, 1.165) is 6.42 Å². The molecule has 7 nitrogen and oxygen atoms in total. The highest BCUT2D eigenvalue weighted by molar-refractivity contribution is 6.01. The van der Waals surface area contributed by atoms with E-state index >= 15 is 0 Å². The lowest BCUT2D eigenvalue weighted by atomic mass is 10.1. The first kappa shape index (κ1) is 19.1. The quantitative estimate of drug-likeness (QED) is 0.638. The second-order valence-electron chi connectivity index (χ2n) is 6.47. The van der Waals surface area contributed by atoms with Gasteiger partial charge in [-0.05, 0) is 36.8 Å². The Hall–Kier alpha value is -3.66. The molecule has 0 aliphatic carbocycles. The van der Waals surface area contributed by atoms with Crippen molar-refractivity contribution in [1.29, 1.82) is 0 Å². The molecule has 7 heteroatoms. The van der Waals surface area contributed by atoms with E-state index in [1.807, 2.05) is 0 Å². The van der Waals surface area contributed by atoms with Crippen LogP contribution in [0.15, 0.2) is 49.3 Å². The fraction of sp³-hybridized carbons (Fsp3) is 0.238. The summed E-state index contributed by atoms with van der Waals surface area (Å²) in [7, 11) is 1.66. The van der Waals surface area contributed by atoms with Gasteiger partial charge in [0.2, 0.25) is 11.9 Å². The zero-order valence-corrected chi connectivity index (χ0v) is 15.6. The van der Waals surface area contributed by atoms with Crippen LogP contribution in [0.1, 0.15) is 22.3 Å². The standard InChI is InChI=1S/C21H21N5O2/c1-4-15-12-22-21(23-13-15)24-17-10-11-26(14-17)20(28)16-6-8-18(9-7-16)25(3)19(27)5-2/h1,5-9,12-13,17H,2,10-11,14H2,3H3,(H,22,23,24)/t17-/m0/s1. The zero-order chi connectivity index (χ0) is 20.1. The minimum atomic E-state index is -0.204. The van der Waals surface area contributed by atoms with E-state index in [1.54, 1.807) is 48.6 Å². The summed E-state index contributed by atoms with van der Waals surface area (Å²) < 4.78 is 0. The van der Waals surface area contributed by atoms with Gasteiger partial charge in [0, 0.05) is 49.8 Å². The van der Waals surface area contributed by atoms with Crippen molar-refractivity contribution in [2.45, 2.75) is 12.5 Å². The minimum absolute atomic E-state index is 0.0443. The van der Waals surface area contributed by atoms with Crippen molar-refractivity contribution in [2.24, 2.45) is 0 Å². The molecule has 1 aromatic carbocycles. The van der Waals surface area contributed by atoms with Crippen molar-refractivity contribution in [3.63, 3.8) is 0 Å². The predicted octanol–water partition coefficient (Wildman–Crippen LogP) is 1.93. The second kappa shape index (κ2) is 8.35. The van der Waals surface area contributed by atoms with Gasteiger partial charge in [-0.15, -0.1) is 6.42 Å². The van der Waals surface area contributed by atoms with Crippen LogP contribution >= 0.6 is 0 Å². The fourth-order valence-corrected chi connectivity index (χ4v) is 3.00. The minimum Gasteiger partial charge on any atom is -0.350 e. The Labute approximate surface area is 164 Å². The van der Waals surface area contributed by atoms with Crippen molar-refractivity contribution in [3.05, 3.63) is 60.4 Å². The maximum absolute atomic E-state index is 12.7. The summed E-state index contributed by atoms with van der Waals surface area (Å²) in [6.07, 6.45) is 10.5. The monoisotopic (exact) mass is 375 g/mol. The Bertz CT molecular complexity index is 915. The molecule has 1 N–H and O–H groups in total. The van der Waals surface area contributed by atoms with Gasteiger partial charge in [-0.2, -0.15) is 0 Å². The van der Waals surface area contributed by atoms with Crippen LogP contribution in [-0.4, -0.2) is 52.9 Å². The number of hydrogen-bond donors (Lipinski definition) is 1. The SMILES string of the molecule is C#Cc1cnc(N[C@H]2CCN(C(=O)c3ccc(N(C)C(=O)C=C)cc3)C2)nc1. The Morgan fingerprint density at radius 2 is 2.00 bits per heavy atom. The lowest BCUT2D eigenvalue weighted by Gasteiger charge is -2.19. The van der Waals surface area contributed by atoms with Crippen molar-refractivity contribution in [3.8, 4) is 12.3 Å². The molecule has 1 atom stereocenters. The average molecular weight is 375 g/mol. The number of nitrogens with one attached hydrogen (secondary N) is 1. The van der Waals surface area contributed by atoms with Gasteiger partial charge in [-0.25, -0.2) is 9.97 Å². The summed E-state index contributed by atoms with van der Waals surface area (Å²) in [6, 6.07) is 7.04. The van der Waals surface area contributed by atoms with E-state index < -0.39 is 0 Å². The number of terminal acetylenes is 1. The number of carbonyl (C=O) groups excluding carboxylic acids is 2. The molecule has 1 saturated heterocycles. The Balaban J connectivity index is 1.60. The molecule has 0 saturated carbocycles. The predicted molar refractivity (Wildman–Crippen MR) is 108 cm³/mol. The largest absolute Gasteiger partial charge is 0.350 e. The van der Waals surface area contributed by atoms with Crippen molar-refractivity contribution >= 4 is 23.5 Å².